The van der Waals surface area contributed by atoms with Crippen LogP contribution in [0.1, 0.15) is 34.2 Å². The predicted octanol–water partition coefficient (Wildman–Crippen LogP) is 2.41. The van der Waals surface area contributed by atoms with Crippen LogP contribution in [-0.4, -0.2) is 26.9 Å². The first kappa shape index (κ1) is 11.7. The van der Waals surface area contributed by atoms with Crippen molar-refractivity contribution in [3.8, 4) is 11.8 Å². The second-order valence-electron chi connectivity index (χ2n) is 4.90. The summed E-state index contributed by atoms with van der Waals surface area (Å²) in [6, 6.07) is 7.71. The molecule has 0 N–H and O–H groups in total. The fourth-order valence-electron chi connectivity index (χ4n) is 2.94. The topological polar surface area (TPSA) is 61.9 Å². The number of fused-ring (bicyclic) bond motifs is 5. The first-order valence-corrected chi connectivity index (χ1v) is 7.09. The quantitative estimate of drug-likeness (QED) is 0.746. The van der Waals surface area contributed by atoms with E-state index in [0.29, 0.717) is 11.3 Å². The minimum Gasteiger partial charge on any atom is -0.330 e. The van der Waals surface area contributed by atoms with E-state index in [9.17, 15) is 10.1 Å². The van der Waals surface area contributed by atoms with Crippen molar-refractivity contribution in [1.82, 2.24) is 14.5 Å². The van der Waals surface area contributed by atoms with Gasteiger partial charge in [-0.1, -0.05) is 6.07 Å². The van der Waals surface area contributed by atoms with Crippen LogP contribution in [0.2, 0.25) is 0 Å². The van der Waals surface area contributed by atoms with Gasteiger partial charge in [0.2, 0.25) is 0 Å². The van der Waals surface area contributed by atoms with Crippen molar-refractivity contribution in [2.45, 2.75) is 12.5 Å². The molecule has 2 aliphatic rings. The molecule has 0 aliphatic carbocycles. The normalized spacial score (nSPS) is 19.3. The highest BCUT2D eigenvalue weighted by Crippen LogP contribution is 2.42. The van der Waals surface area contributed by atoms with Gasteiger partial charge in [-0.2, -0.15) is 5.26 Å². The van der Waals surface area contributed by atoms with Gasteiger partial charge in [-0.05, 0) is 34.5 Å². The highest BCUT2D eigenvalue weighted by atomic mass is 79.9. The Morgan fingerprint density at radius 3 is 3.00 bits per heavy atom. The number of rotatable bonds is 0. The Balaban J connectivity index is 2.09. The molecule has 0 radical (unpaired) electrons. The maximum atomic E-state index is 12.7. The van der Waals surface area contributed by atoms with E-state index in [4.69, 9.17) is 0 Å². The molecular weight excluding hydrogens is 320 g/mol. The van der Waals surface area contributed by atoms with Crippen LogP contribution in [0.15, 0.2) is 29.0 Å². The van der Waals surface area contributed by atoms with Crippen LogP contribution in [0, 0.1) is 11.3 Å². The molecule has 0 bridgehead atoms. The molecule has 0 spiro atoms. The molecule has 1 atom stereocenters. The summed E-state index contributed by atoms with van der Waals surface area (Å²) in [5, 5.41) is 9.23. The van der Waals surface area contributed by atoms with E-state index in [-0.39, 0.29) is 11.9 Å². The molecule has 4 rings (SSSR count). The molecule has 5 nitrogen and oxygen atoms in total. The van der Waals surface area contributed by atoms with E-state index in [1.54, 1.807) is 6.33 Å². The first-order chi connectivity index (χ1) is 9.72. The lowest BCUT2D eigenvalue weighted by atomic mass is 9.98. The molecule has 1 aromatic carbocycles. The Labute approximate surface area is 123 Å². The van der Waals surface area contributed by atoms with Crippen LogP contribution in [-0.2, 0) is 0 Å². The number of halogens is 1. The third-order valence-corrected chi connectivity index (χ3v) is 4.63. The van der Waals surface area contributed by atoms with E-state index in [1.165, 1.54) is 0 Å². The Bertz CT molecular complexity index is 789. The molecule has 2 aliphatic heterocycles. The van der Waals surface area contributed by atoms with Crippen molar-refractivity contribution in [1.29, 1.82) is 5.26 Å². The van der Waals surface area contributed by atoms with Gasteiger partial charge in [-0.15, -0.1) is 0 Å². The zero-order chi connectivity index (χ0) is 13.9. The third kappa shape index (κ3) is 1.30. The van der Waals surface area contributed by atoms with Crippen molar-refractivity contribution in [3.05, 3.63) is 46.0 Å². The monoisotopic (exact) mass is 328 g/mol. The molecule has 6 heteroatoms. The van der Waals surface area contributed by atoms with Gasteiger partial charge in [0.25, 0.3) is 5.91 Å². The van der Waals surface area contributed by atoms with E-state index >= 15 is 0 Å². The van der Waals surface area contributed by atoms with Crippen LogP contribution >= 0.6 is 15.9 Å². The molecule has 1 aromatic heterocycles. The van der Waals surface area contributed by atoms with Gasteiger partial charge < -0.3 is 4.90 Å². The minimum atomic E-state index is -0.0426. The maximum Gasteiger partial charge on any atom is 0.257 e. The number of hydrogen-bond acceptors (Lipinski definition) is 3. The summed E-state index contributed by atoms with van der Waals surface area (Å²) in [4.78, 5) is 18.7. The number of aromatic nitrogens is 2. The fourth-order valence-corrected chi connectivity index (χ4v) is 3.46. The Kier molecular flexibility index (Phi) is 2.30. The second-order valence-corrected chi connectivity index (χ2v) is 5.75. The van der Waals surface area contributed by atoms with Gasteiger partial charge in [0.05, 0.1) is 23.0 Å². The lowest BCUT2D eigenvalue weighted by Crippen LogP contribution is -2.44. The number of carbonyl (C=O) groups excluding carboxylic acids is 1. The Morgan fingerprint density at radius 1 is 1.45 bits per heavy atom. The Morgan fingerprint density at radius 2 is 2.30 bits per heavy atom. The molecule has 98 valence electrons. The van der Waals surface area contributed by atoms with Crippen LogP contribution in [0.4, 0.5) is 0 Å². The van der Waals surface area contributed by atoms with Crippen molar-refractivity contribution in [3.63, 3.8) is 0 Å². The largest absolute Gasteiger partial charge is 0.330 e. The molecule has 3 heterocycles. The zero-order valence-corrected chi connectivity index (χ0v) is 12.0. The minimum absolute atomic E-state index is 0.0105. The zero-order valence-electron chi connectivity index (χ0n) is 10.4. The molecule has 1 fully saturated rings. The van der Waals surface area contributed by atoms with Gasteiger partial charge >= 0.3 is 0 Å². The van der Waals surface area contributed by atoms with E-state index < -0.39 is 0 Å². The highest BCUT2D eigenvalue weighted by molar-refractivity contribution is 9.10. The SMILES string of the molecule is N#Cc1ncn2c1[C@@H]1CCN1C(=O)c1c(Br)cccc1-2. The number of nitrogens with zero attached hydrogens (tertiary/aromatic N) is 4. The van der Waals surface area contributed by atoms with E-state index in [2.05, 4.69) is 27.0 Å². The van der Waals surface area contributed by atoms with Crippen molar-refractivity contribution in [2.24, 2.45) is 0 Å². The second kappa shape index (κ2) is 3.93. The van der Waals surface area contributed by atoms with Gasteiger partial charge in [-0.25, -0.2) is 4.98 Å². The molecule has 20 heavy (non-hydrogen) atoms. The number of benzene rings is 1. The summed E-state index contributed by atoms with van der Waals surface area (Å²) >= 11 is 3.46. The smallest absolute Gasteiger partial charge is 0.257 e. The van der Waals surface area contributed by atoms with Crippen molar-refractivity contribution >= 4 is 21.8 Å². The van der Waals surface area contributed by atoms with Crippen molar-refractivity contribution in [2.75, 3.05) is 6.54 Å². The van der Waals surface area contributed by atoms with Crippen molar-refractivity contribution < 1.29 is 4.79 Å². The third-order valence-electron chi connectivity index (χ3n) is 3.97. The van der Waals surface area contributed by atoms with Crippen LogP contribution in [0.5, 0.6) is 0 Å². The predicted molar refractivity (Wildman–Crippen MR) is 74.4 cm³/mol. The molecule has 0 saturated carbocycles. The maximum absolute atomic E-state index is 12.7. The summed E-state index contributed by atoms with van der Waals surface area (Å²) in [5.41, 5.74) is 2.64. The summed E-state index contributed by atoms with van der Waals surface area (Å²) in [7, 11) is 0. The Hall–Kier alpha value is -2.13. The van der Waals surface area contributed by atoms with E-state index in [0.717, 1.165) is 28.8 Å². The average Bonchev–Trinajstić information content (AvgIpc) is 2.77. The number of amides is 1. The summed E-state index contributed by atoms with van der Waals surface area (Å²) in [5.74, 6) is 0.0105. The summed E-state index contributed by atoms with van der Waals surface area (Å²) in [6.07, 6.45) is 2.51. The molecule has 1 saturated heterocycles. The van der Waals surface area contributed by atoms with Gasteiger partial charge in [0.15, 0.2) is 5.69 Å². The summed E-state index contributed by atoms with van der Waals surface area (Å²) in [6.45, 7) is 0.723. The van der Waals surface area contributed by atoms with Crippen LogP contribution in [0.25, 0.3) is 5.69 Å². The summed E-state index contributed by atoms with van der Waals surface area (Å²) < 4.78 is 2.64. The standard InChI is InChI=1S/C14H9BrN4O/c15-8-2-1-3-10-12(8)14(20)18-5-4-11(18)13-9(6-16)17-7-19(10)13/h1-3,7,11H,4-5H2/t11-/m0/s1. The van der Waals surface area contributed by atoms with Crippen LogP contribution in [0.3, 0.4) is 0 Å². The lowest BCUT2D eigenvalue weighted by Gasteiger charge is -2.39. The molecule has 1 amide bonds. The highest BCUT2D eigenvalue weighted by Gasteiger charge is 2.42. The fraction of sp³-hybridized carbons (Fsp3) is 0.214. The number of carbonyl (C=O) groups is 1. The molecule has 2 aromatic rings. The molecular formula is C14H9BrN4O. The lowest BCUT2D eigenvalue weighted by molar-refractivity contribution is 0.0459. The van der Waals surface area contributed by atoms with Gasteiger partial charge in [0.1, 0.15) is 12.4 Å². The number of imidazole rings is 1. The van der Waals surface area contributed by atoms with Gasteiger partial charge in [-0.3, -0.25) is 9.36 Å². The number of nitriles is 1. The number of hydrogen-bond donors (Lipinski definition) is 0. The van der Waals surface area contributed by atoms with Gasteiger partial charge in [0, 0.05) is 11.0 Å². The van der Waals surface area contributed by atoms with Crippen LogP contribution < -0.4 is 0 Å². The van der Waals surface area contributed by atoms with E-state index in [1.807, 2.05) is 27.7 Å². The molecule has 0 unspecified atom stereocenters. The first-order valence-electron chi connectivity index (χ1n) is 6.29. The average molecular weight is 329 g/mol.